The van der Waals surface area contributed by atoms with Crippen molar-refractivity contribution < 1.29 is 13.2 Å². The number of amides is 1. The molecule has 6 nitrogen and oxygen atoms in total. The molecule has 23 heavy (non-hydrogen) atoms. The zero-order valence-electron chi connectivity index (χ0n) is 12.2. The second-order valence-corrected chi connectivity index (χ2v) is 9.43. The summed E-state index contributed by atoms with van der Waals surface area (Å²) in [6.07, 6.45) is 0.479. The fourth-order valence-corrected chi connectivity index (χ4v) is 5.59. The van der Waals surface area contributed by atoms with Crippen LogP contribution in [0.1, 0.15) is 6.42 Å². The molecule has 1 amide bonds. The molecule has 1 aliphatic rings. The van der Waals surface area contributed by atoms with E-state index >= 15 is 0 Å². The van der Waals surface area contributed by atoms with Gasteiger partial charge in [0, 0.05) is 5.69 Å². The van der Waals surface area contributed by atoms with Gasteiger partial charge < -0.3 is 4.90 Å². The van der Waals surface area contributed by atoms with Crippen molar-refractivity contribution in [1.29, 1.82) is 0 Å². The summed E-state index contributed by atoms with van der Waals surface area (Å²) in [4.78, 5) is 14.3. The van der Waals surface area contributed by atoms with Gasteiger partial charge in [-0.25, -0.2) is 8.42 Å². The number of carbonyl (C=O) groups is 1. The van der Waals surface area contributed by atoms with Crippen LogP contribution in [0.25, 0.3) is 0 Å². The molecule has 122 valence electrons. The van der Waals surface area contributed by atoms with Gasteiger partial charge in [-0.2, -0.15) is 0 Å². The van der Waals surface area contributed by atoms with E-state index in [0.29, 0.717) is 6.42 Å². The average Bonchev–Trinajstić information content (AvgIpc) is 3.16. The van der Waals surface area contributed by atoms with Crippen molar-refractivity contribution in [2.24, 2.45) is 0 Å². The first kappa shape index (κ1) is 16.4. The first-order valence-electron chi connectivity index (χ1n) is 7.02. The van der Waals surface area contributed by atoms with Crippen molar-refractivity contribution in [2.75, 3.05) is 22.2 Å². The number of hydrogen-bond acceptors (Lipinski definition) is 7. The second-order valence-electron chi connectivity index (χ2n) is 5.15. The molecule has 0 saturated carbocycles. The van der Waals surface area contributed by atoms with Gasteiger partial charge in [0.25, 0.3) is 0 Å². The first-order chi connectivity index (χ1) is 11.1. The molecular weight excluding hydrogens is 354 g/mol. The van der Waals surface area contributed by atoms with Gasteiger partial charge in [-0.15, -0.1) is 10.2 Å². The highest BCUT2D eigenvalue weighted by atomic mass is 32.2. The number of aromatic nitrogens is 2. The summed E-state index contributed by atoms with van der Waals surface area (Å²) in [6.45, 7) is 0. The number of hydrogen-bond donors (Lipinski definition) is 0. The number of rotatable bonds is 5. The van der Waals surface area contributed by atoms with E-state index in [1.165, 1.54) is 23.1 Å². The molecule has 1 aromatic carbocycles. The summed E-state index contributed by atoms with van der Waals surface area (Å²) in [5, 5.41) is 7.65. The number of para-hydroxylation sites is 1. The lowest BCUT2D eigenvalue weighted by Crippen LogP contribution is -2.42. The largest absolute Gasteiger partial charge is 0.308 e. The van der Waals surface area contributed by atoms with Crippen LogP contribution >= 0.6 is 23.1 Å². The number of nitrogens with zero attached hydrogens (tertiary/aromatic N) is 3. The van der Waals surface area contributed by atoms with Crippen molar-refractivity contribution >= 4 is 44.5 Å². The normalized spacial score (nSPS) is 19.6. The molecule has 0 unspecified atom stereocenters. The van der Waals surface area contributed by atoms with Crippen LogP contribution in [0.5, 0.6) is 0 Å². The lowest BCUT2D eigenvalue weighted by Gasteiger charge is -2.28. The van der Waals surface area contributed by atoms with Gasteiger partial charge in [0.05, 0.1) is 23.3 Å². The SMILES string of the molecule is O=C(CSc1nncs1)N(c1ccccc1)[C@@H]1CCS(=O)(=O)C1. The van der Waals surface area contributed by atoms with Crippen LogP contribution in [-0.2, 0) is 14.6 Å². The Kier molecular flexibility index (Phi) is 4.98. The fraction of sp³-hybridized carbons (Fsp3) is 0.357. The fourth-order valence-electron chi connectivity index (χ4n) is 2.54. The molecule has 0 bridgehead atoms. The number of sulfone groups is 1. The van der Waals surface area contributed by atoms with Crippen molar-refractivity contribution in [1.82, 2.24) is 10.2 Å². The Bertz CT molecular complexity index is 763. The van der Waals surface area contributed by atoms with Crippen LogP contribution < -0.4 is 4.90 Å². The molecule has 1 fully saturated rings. The van der Waals surface area contributed by atoms with E-state index in [4.69, 9.17) is 0 Å². The lowest BCUT2D eigenvalue weighted by molar-refractivity contribution is -0.116. The van der Waals surface area contributed by atoms with Crippen molar-refractivity contribution in [3.63, 3.8) is 0 Å². The van der Waals surface area contributed by atoms with E-state index in [2.05, 4.69) is 10.2 Å². The third kappa shape index (κ3) is 4.10. The maximum Gasteiger partial charge on any atom is 0.237 e. The minimum atomic E-state index is -3.06. The maximum atomic E-state index is 12.7. The molecule has 2 aromatic rings. The Morgan fingerprint density at radius 3 is 2.74 bits per heavy atom. The Hall–Kier alpha value is -1.45. The molecule has 0 aliphatic carbocycles. The monoisotopic (exact) mass is 369 g/mol. The van der Waals surface area contributed by atoms with Gasteiger partial charge in [0.1, 0.15) is 5.51 Å². The summed E-state index contributed by atoms with van der Waals surface area (Å²) in [6, 6.07) is 8.92. The van der Waals surface area contributed by atoms with E-state index in [9.17, 15) is 13.2 Å². The van der Waals surface area contributed by atoms with E-state index < -0.39 is 9.84 Å². The molecule has 0 spiro atoms. The zero-order valence-corrected chi connectivity index (χ0v) is 14.6. The van der Waals surface area contributed by atoms with Gasteiger partial charge >= 0.3 is 0 Å². The molecule has 9 heteroatoms. The second kappa shape index (κ2) is 6.98. The van der Waals surface area contributed by atoms with Crippen molar-refractivity contribution in [3.8, 4) is 0 Å². The van der Waals surface area contributed by atoms with Crippen LogP contribution in [-0.4, -0.2) is 47.8 Å². The van der Waals surface area contributed by atoms with Crippen LogP contribution in [0.15, 0.2) is 40.2 Å². The van der Waals surface area contributed by atoms with Gasteiger partial charge in [0.2, 0.25) is 5.91 Å². The third-order valence-corrected chi connectivity index (χ3v) is 7.13. The zero-order chi connectivity index (χ0) is 16.3. The summed E-state index contributed by atoms with van der Waals surface area (Å²) in [5.74, 6) is 0.258. The Morgan fingerprint density at radius 2 is 2.13 bits per heavy atom. The molecule has 1 aliphatic heterocycles. The number of thioether (sulfide) groups is 1. The standard InChI is InChI=1S/C14H15N3O3S3/c18-13(8-21-14-16-15-10-22-14)17(11-4-2-1-3-5-11)12-6-7-23(19,20)9-12/h1-5,10,12H,6-9H2/t12-/m1/s1. The average molecular weight is 369 g/mol. The maximum absolute atomic E-state index is 12.7. The van der Waals surface area contributed by atoms with Gasteiger partial charge in [-0.05, 0) is 18.6 Å². The third-order valence-electron chi connectivity index (χ3n) is 3.54. The van der Waals surface area contributed by atoms with E-state index in [1.54, 1.807) is 10.4 Å². The minimum absolute atomic E-state index is 0.0249. The lowest BCUT2D eigenvalue weighted by atomic mass is 10.2. The van der Waals surface area contributed by atoms with Gasteiger partial charge in [0.15, 0.2) is 14.2 Å². The van der Waals surface area contributed by atoms with Gasteiger partial charge in [-0.3, -0.25) is 4.79 Å². The van der Waals surface area contributed by atoms with Gasteiger partial charge in [-0.1, -0.05) is 41.3 Å². The predicted molar refractivity (Wildman–Crippen MR) is 91.6 cm³/mol. The van der Waals surface area contributed by atoms with Crippen LogP contribution in [0.2, 0.25) is 0 Å². The molecule has 1 saturated heterocycles. The molecule has 0 radical (unpaired) electrons. The summed E-state index contributed by atoms with van der Waals surface area (Å²) >= 11 is 2.70. The highest BCUT2D eigenvalue weighted by molar-refractivity contribution is 8.01. The minimum Gasteiger partial charge on any atom is -0.308 e. The number of anilines is 1. The van der Waals surface area contributed by atoms with Crippen LogP contribution in [0.3, 0.4) is 0 Å². The topological polar surface area (TPSA) is 80.2 Å². The van der Waals surface area contributed by atoms with Crippen molar-refractivity contribution in [2.45, 2.75) is 16.8 Å². The molecule has 0 N–H and O–H groups in total. The van der Waals surface area contributed by atoms with Crippen LogP contribution in [0, 0.1) is 0 Å². The summed E-state index contributed by atoms with van der Waals surface area (Å²) in [7, 11) is -3.06. The van der Waals surface area contributed by atoms with Crippen LogP contribution in [0.4, 0.5) is 5.69 Å². The highest BCUT2D eigenvalue weighted by Gasteiger charge is 2.35. The highest BCUT2D eigenvalue weighted by Crippen LogP contribution is 2.27. The molecule has 1 aromatic heterocycles. The smallest absolute Gasteiger partial charge is 0.237 e. The Balaban J connectivity index is 1.79. The molecular formula is C14H15N3O3S3. The Labute approximate surface area is 142 Å². The number of carbonyl (C=O) groups excluding carboxylic acids is 1. The van der Waals surface area contributed by atoms with E-state index in [0.717, 1.165) is 10.0 Å². The quantitative estimate of drug-likeness (QED) is 0.748. The van der Waals surface area contributed by atoms with E-state index in [-0.39, 0.29) is 29.2 Å². The first-order valence-corrected chi connectivity index (χ1v) is 10.7. The predicted octanol–water partition coefficient (Wildman–Crippen LogP) is 1.85. The summed E-state index contributed by atoms with van der Waals surface area (Å²) < 4.78 is 24.3. The van der Waals surface area contributed by atoms with E-state index in [1.807, 2.05) is 30.3 Å². The Morgan fingerprint density at radius 1 is 1.35 bits per heavy atom. The summed E-state index contributed by atoms with van der Waals surface area (Å²) in [5.41, 5.74) is 2.35. The van der Waals surface area contributed by atoms with Crippen molar-refractivity contribution in [3.05, 3.63) is 35.8 Å². The molecule has 3 rings (SSSR count). The molecule has 1 atom stereocenters. The molecule has 2 heterocycles. The number of benzene rings is 1.